The maximum Gasteiger partial charge on any atom is 0.228 e. The molecule has 0 aliphatic carbocycles. The summed E-state index contributed by atoms with van der Waals surface area (Å²) in [6.07, 6.45) is 0.281. The first-order chi connectivity index (χ1) is 14.9. The van der Waals surface area contributed by atoms with Gasteiger partial charge in [-0.1, -0.05) is 60.7 Å². The van der Waals surface area contributed by atoms with Crippen LogP contribution in [0.4, 0.5) is 0 Å². The third-order valence-electron chi connectivity index (χ3n) is 6.05. The van der Waals surface area contributed by atoms with Crippen LogP contribution >= 0.6 is 0 Å². The molecule has 2 aliphatic heterocycles. The molecule has 2 fully saturated rings. The Morgan fingerprint density at radius 3 is 2.48 bits per heavy atom. The first-order valence-corrected chi connectivity index (χ1v) is 12.3. The highest BCUT2D eigenvalue weighted by atomic mass is 32.2. The highest BCUT2D eigenvalue weighted by molar-refractivity contribution is 7.88. The first-order valence-electron chi connectivity index (χ1n) is 10.7. The Kier molecular flexibility index (Phi) is 6.71. The van der Waals surface area contributed by atoms with Crippen LogP contribution in [0.5, 0.6) is 0 Å². The molecule has 2 N–H and O–H groups in total. The molecule has 4 atom stereocenters. The van der Waals surface area contributed by atoms with Gasteiger partial charge in [-0.25, -0.2) is 8.42 Å². The van der Waals surface area contributed by atoms with Crippen molar-refractivity contribution in [2.45, 2.75) is 37.3 Å². The van der Waals surface area contributed by atoms with Gasteiger partial charge in [-0.05, 0) is 24.5 Å². The molecular formula is C23H29N3O4S. The van der Waals surface area contributed by atoms with Crippen molar-refractivity contribution in [3.63, 3.8) is 0 Å². The minimum absolute atomic E-state index is 0.00166. The Hall–Kier alpha value is -2.26. The fraction of sp³-hybridized carbons (Fsp3) is 0.435. The van der Waals surface area contributed by atoms with E-state index in [2.05, 4.69) is 10.6 Å². The summed E-state index contributed by atoms with van der Waals surface area (Å²) in [6, 6.07) is 18.4. The van der Waals surface area contributed by atoms with Crippen molar-refractivity contribution >= 4 is 15.9 Å². The minimum Gasteiger partial charge on any atom is -0.381 e. The predicted molar refractivity (Wildman–Crippen MR) is 118 cm³/mol. The highest BCUT2D eigenvalue weighted by Gasteiger charge is 2.40. The average Bonchev–Trinajstić information content (AvgIpc) is 2.78. The van der Waals surface area contributed by atoms with Crippen LogP contribution in [-0.4, -0.2) is 50.6 Å². The maximum absolute atomic E-state index is 13.5. The number of carbonyl (C=O) groups excluding carboxylic acids is 1. The predicted octanol–water partition coefficient (Wildman–Crippen LogP) is 2.03. The molecule has 0 radical (unpaired) electrons. The van der Waals surface area contributed by atoms with Gasteiger partial charge >= 0.3 is 0 Å². The molecule has 7 nitrogen and oxygen atoms in total. The Labute approximate surface area is 183 Å². The van der Waals surface area contributed by atoms with Gasteiger partial charge in [0.2, 0.25) is 15.9 Å². The van der Waals surface area contributed by atoms with Crippen molar-refractivity contribution < 1.29 is 17.9 Å². The van der Waals surface area contributed by atoms with E-state index in [9.17, 15) is 13.2 Å². The molecule has 0 aromatic heterocycles. The summed E-state index contributed by atoms with van der Waals surface area (Å²) in [5.74, 6) is -0.405. The van der Waals surface area contributed by atoms with Gasteiger partial charge in [0.1, 0.15) is 0 Å². The summed E-state index contributed by atoms with van der Waals surface area (Å²) in [4.78, 5) is 12.6. The number of nitrogens with one attached hydrogen (secondary N) is 2. The zero-order valence-electron chi connectivity index (χ0n) is 17.6. The van der Waals surface area contributed by atoms with E-state index in [1.807, 2.05) is 67.6 Å². The van der Waals surface area contributed by atoms with Crippen molar-refractivity contribution in [1.82, 2.24) is 14.9 Å². The van der Waals surface area contributed by atoms with Crippen LogP contribution in [-0.2, 0) is 25.3 Å². The first kappa shape index (κ1) is 22.0. The third-order valence-corrected chi connectivity index (χ3v) is 7.93. The molecule has 2 saturated heterocycles. The van der Waals surface area contributed by atoms with Crippen molar-refractivity contribution in [2.75, 3.05) is 19.8 Å². The molecule has 2 aromatic rings. The summed E-state index contributed by atoms with van der Waals surface area (Å²) >= 11 is 0. The van der Waals surface area contributed by atoms with Crippen LogP contribution in [0.3, 0.4) is 0 Å². The second-order valence-electron chi connectivity index (χ2n) is 8.20. The van der Waals surface area contributed by atoms with E-state index in [1.54, 1.807) is 0 Å². The number of ether oxygens (including phenoxy) is 1. The second-order valence-corrected chi connectivity index (χ2v) is 10.1. The molecular weight excluding hydrogens is 414 g/mol. The fourth-order valence-electron chi connectivity index (χ4n) is 4.33. The number of fused-ring (bicyclic) bond motifs is 1. The van der Waals surface area contributed by atoms with Gasteiger partial charge < -0.3 is 10.1 Å². The van der Waals surface area contributed by atoms with Gasteiger partial charge in [0.15, 0.2) is 0 Å². The lowest BCUT2D eigenvalue weighted by molar-refractivity contribution is -0.135. The number of hydrogen-bond donors (Lipinski definition) is 2. The largest absolute Gasteiger partial charge is 0.381 e. The molecule has 31 heavy (non-hydrogen) atoms. The Morgan fingerprint density at radius 1 is 1.10 bits per heavy atom. The van der Waals surface area contributed by atoms with E-state index in [4.69, 9.17) is 4.74 Å². The summed E-state index contributed by atoms with van der Waals surface area (Å²) in [5, 5.41) is 6.39. The van der Waals surface area contributed by atoms with Crippen molar-refractivity contribution in [3.05, 3.63) is 71.8 Å². The van der Waals surface area contributed by atoms with Crippen molar-refractivity contribution in [1.29, 1.82) is 0 Å². The van der Waals surface area contributed by atoms with Crippen molar-refractivity contribution in [2.24, 2.45) is 5.92 Å². The van der Waals surface area contributed by atoms with Gasteiger partial charge in [-0.2, -0.15) is 4.31 Å². The SMILES string of the molecule is C[C@H](c1ccccc1)N(CC1NC(=O)C2COCCC2N1)S(=O)(=O)Cc1ccccc1. The lowest BCUT2D eigenvalue weighted by Gasteiger charge is -2.42. The monoisotopic (exact) mass is 443 g/mol. The van der Waals surface area contributed by atoms with E-state index in [0.29, 0.717) is 13.2 Å². The topological polar surface area (TPSA) is 87.7 Å². The molecule has 0 bridgehead atoms. The molecule has 1 amide bonds. The lowest BCUT2D eigenvalue weighted by atomic mass is 9.92. The molecule has 0 spiro atoms. The normalized spacial score (nSPS) is 25.0. The van der Waals surface area contributed by atoms with Crippen LogP contribution in [0.15, 0.2) is 60.7 Å². The quantitative estimate of drug-likeness (QED) is 0.684. The molecule has 166 valence electrons. The Bertz CT molecular complexity index is 984. The molecule has 2 heterocycles. The van der Waals surface area contributed by atoms with Crippen molar-refractivity contribution in [3.8, 4) is 0 Å². The number of sulfonamides is 1. The van der Waals surface area contributed by atoms with E-state index >= 15 is 0 Å². The molecule has 2 aromatic carbocycles. The third kappa shape index (κ3) is 5.15. The molecule has 8 heteroatoms. The van der Waals surface area contributed by atoms with Crippen LogP contribution < -0.4 is 10.6 Å². The molecule has 4 rings (SSSR count). The summed E-state index contributed by atoms with van der Waals surface area (Å²) in [6.45, 7) is 3.04. The summed E-state index contributed by atoms with van der Waals surface area (Å²) in [5.41, 5.74) is 1.64. The number of rotatable bonds is 7. The number of nitrogens with zero attached hydrogens (tertiary/aromatic N) is 1. The Balaban J connectivity index is 1.58. The minimum atomic E-state index is -3.65. The smallest absolute Gasteiger partial charge is 0.228 e. The summed E-state index contributed by atoms with van der Waals surface area (Å²) < 4.78 is 34.0. The Morgan fingerprint density at radius 2 is 1.77 bits per heavy atom. The van der Waals surface area contributed by atoms with Gasteiger partial charge in [-0.15, -0.1) is 0 Å². The maximum atomic E-state index is 13.5. The number of benzene rings is 2. The molecule has 2 aliphatic rings. The zero-order valence-corrected chi connectivity index (χ0v) is 18.4. The average molecular weight is 444 g/mol. The van der Waals surface area contributed by atoms with Crippen LogP contribution in [0.2, 0.25) is 0 Å². The van der Waals surface area contributed by atoms with Crippen LogP contribution in [0.1, 0.15) is 30.5 Å². The van der Waals surface area contributed by atoms with E-state index in [1.165, 1.54) is 4.31 Å². The lowest BCUT2D eigenvalue weighted by Crippen LogP contribution is -2.66. The van der Waals surface area contributed by atoms with Crippen LogP contribution in [0.25, 0.3) is 0 Å². The van der Waals surface area contributed by atoms with Gasteiger partial charge in [0.25, 0.3) is 0 Å². The molecule has 3 unspecified atom stereocenters. The van der Waals surface area contributed by atoms with E-state index in [0.717, 1.165) is 17.5 Å². The zero-order chi connectivity index (χ0) is 21.8. The van der Waals surface area contributed by atoms with E-state index in [-0.39, 0.29) is 36.2 Å². The van der Waals surface area contributed by atoms with Gasteiger partial charge in [0.05, 0.1) is 24.4 Å². The molecule has 0 saturated carbocycles. The van der Waals surface area contributed by atoms with Crippen LogP contribution in [0, 0.1) is 5.92 Å². The van der Waals surface area contributed by atoms with E-state index < -0.39 is 16.2 Å². The standard InChI is InChI=1S/C23H29N3O4S/c1-17(19-10-6-3-7-11-19)26(31(28,29)16-18-8-4-2-5-9-18)14-22-24-21-12-13-30-15-20(21)23(27)25-22/h2-11,17,20-22,24H,12-16H2,1H3,(H,25,27)/t17-,20?,21?,22?/m1/s1. The fourth-order valence-corrected chi connectivity index (χ4v) is 6.09. The number of carbonyl (C=O) groups is 1. The van der Waals surface area contributed by atoms with Gasteiger partial charge in [-0.3, -0.25) is 10.1 Å². The highest BCUT2D eigenvalue weighted by Crippen LogP contribution is 2.27. The number of hydrogen-bond acceptors (Lipinski definition) is 5. The van der Waals surface area contributed by atoms with Gasteiger partial charge in [0, 0.05) is 25.2 Å². The second kappa shape index (κ2) is 9.48. The summed E-state index contributed by atoms with van der Waals surface area (Å²) in [7, 11) is -3.65. The number of amides is 1.